The standard InChI is InChI=1S/C22H29N3O5S2/c1-3-16-31(27,28)24-21-11-7-10-20(17(21)2)23-22(26)18-12-14-25(15-13-18)32(29,30)19-8-5-4-6-9-19/h4-11,18,24H,3,12-16H2,1-2H3,(H,23,26). The van der Waals surface area contributed by atoms with E-state index in [1.165, 1.54) is 4.31 Å². The van der Waals surface area contributed by atoms with Crippen LogP contribution < -0.4 is 10.0 Å². The first-order chi connectivity index (χ1) is 15.1. The summed E-state index contributed by atoms with van der Waals surface area (Å²) in [6.45, 7) is 4.07. The molecule has 0 spiro atoms. The van der Waals surface area contributed by atoms with Crippen molar-refractivity contribution in [1.82, 2.24) is 4.31 Å². The summed E-state index contributed by atoms with van der Waals surface area (Å²) >= 11 is 0. The van der Waals surface area contributed by atoms with Crippen LogP contribution in [0.25, 0.3) is 0 Å². The molecule has 0 bridgehead atoms. The molecule has 0 aliphatic carbocycles. The molecule has 10 heteroatoms. The second-order valence-electron chi connectivity index (χ2n) is 7.88. The highest BCUT2D eigenvalue weighted by Gasteiger charge is 2.32. The lowest BCUT2D eigenvalue weighted by Gasteiger charge is -2.30. The maximum atomic E-state index is 12.8. The predicted octanol–water partition coefficient (Wildman–Crippen LogP) is 3.19. The van der Waals surface area contributed by atoms with Crippen molar-refractivity contribution in [3.05, 3.63) is 54.1 Å². The zero-order chi connectivity index (χ0) is 23.4. The van der Waals surface area contributed by atoms with E-state index in [1.807, 2.05) is 0 Å². The first kappa shape index (κ1) is 24.2. The maximum absolute atomic E-state index is 12.8. The Morgan fingerprint density at radius 2 is 1.59 bits per heavy atom. The molecule has 1 aliphatic heterocycles. The van der Waals surface area contributed by atoms with Gasteiger partial charge in [-0.15, -0.1) is 0 Å². The van der Waals surface area contributed by atoms with Crippen LogP contribution in [0, 0.1) is 12.8 Å². The summed E-state index contributed by atoms with van der Waals surface area (Å²) in [6.07, 6.45) is 1.34. The molecule has 8 nitrogen and oxygen atoms in total. The number of benzene rings is 2. The third kappa shape index (κ3) is 5.67. The van der Waals surface area contributed by atoms with E-state index < -0.39 is 20.0 Å². The van der Waals surface area contributed by atoms with Gasteiger partial charge in [0.05, 0.1) is 16.3 Å². The lowest BCUT2D eigenvalue weighted by molar-refractivity contribution is -0.120. The SMILES string of the molecule is CCCS(=O)(=O)Nc1cccc(NC(=O)C2CCN(S(=O)(=O)c3ccccc3)CC2)c1C. The van der Waals surface area contributed by atoms with Crippen LogP contribution in [0.4, 0.5) is 11.4 Å². The molecule has 1 saturated heterocycles. The minimum absolute atomic E-state index is 0.0213. The minimum Gasteiger partial charge on any atom is -0.326 e. The molecule has 1 aliphatic rings. The number of hydrogen-bond acceptors (Lipinski definition) is 5. The molecule has 0 radical (unpaired) electrons. The first-order valence-corrected chi connectivity index (χ1v) is 13.7. The van der Waals surface area contributed by atoms with Gasteiger partial charge in [-0.2, -0.15) is 4.31 Å². The third-order valence-corrected chi connectivity index (χ3v) is 8.93. The van der Waals surface area contributed by atoms with Crippen molar-refractivity contribution in [1.29, 1.82) is 0 Å². The van der Waals surface area contributed by atoms with E-state index in [1.54, 1.807) is 62.4 Å². The van der Waals surface area contributed by atoms with Crippen molar-refractivity contribution < 1.29 is 21.6 Å². The Balaban J connectivity index is 1.64. The number of sulfonamides is 2. The van der Waals surface area contributed by atoms with Crippen molar-refractivity contribution in [2.45, 2.75) is 38.0 Å². The first-order valence-electron chi connectivity index (χ1n) is 10.6. The Labute approximate surface area is 190 Å². The monoisotopic (exact) mass is 479 g/mol. The molecule has 1 fully saturated rings. The number of nitrogens with zero attached hydrogens (tertiary/aromatic N) is 1. The quantitative estimate of drug-likeness (QED) is 0.604. The molecule has 2 aromatic rings. The van der Waals surface area contributed by atoms with E-state index in [2.05, 4.69) is 10.0 Å². The lowest BCUT2D eigenvalue weighted by Crippen LogP contribution is -2.41. The van der Waals surface area contributed by atoms with E-state index in [0.29, 0.717) is 36.2 Å². The second kappa shape index (κ2) is 10.0. The van der Waals surface area contributed by atoms with Gasteiger partial charge < -0.3 is 5.32 Å². The van der Waals surface area contributed by atoms with Crippen LogP contribution >= 0.6 is 0 Å². The van der Waals surface area contributed by atoms with Gasteiger partial charge in [0.25, 0.3) is 0 Å². The molecule has 2 aromatic carbocycles. The molecule has 1 amide bonds. The van der Waals surface area contributed by atoms with Crippen LogP contribution in [0.15, 0.2) is 53.4 Å². The molecule has 1 heterocycles. The summed E-state index contributed by atoms with van der Waals surface area (Å²) in [6, 6.07) is 13.3. The fourth-order valence-corrected chi connectivity index (χ4v) is 6.39. The van der Waals surface area contributed by atoms with Gasteiger partial charge in [-0.25, -0.2) is 16.8 Å². The fourth-order valence-electron chi connectivity index (χ4n) is 3.70. The number of carbonyl (C=O) groups is 1. The molecular formula is C22H29N3O5S2. The van der Waals surface area contributed by atoms with E-state index in [0.717, 1.165) is 0 Å². The van der Waals surface area contributed by atoms with Crippen molar-refractivity contribution in [3.8, 4) is 0 Å². The molecule has 0 unspecified atom stereocenters. The van der Waals surface area contributed by atoms with Gasteiger partial charge in [0, 0.05) is 24.7 Å². The molecule has 2 N–H and O–H groups in total. The Morgan fingerprint density at radius 3 is 2.22 bits per heavy atom. The smallest absolute Gasteiger partial charge is 0.243 e. The number of hydrogen-bond donors (Lipinski definition) is 2. The van der Waals surface area contributed by atoms with Crippen LogP contribution in [0.1, 0.15) is 31.7 Å². The predicted molar refractivity (Wildman–Crippen MR) is 125 cm³/mol. The number of piperidine rings is 1. The molecule has 0 atom stereocenters. The Hall–Kier alpha value is -2.43. The van der Waals surface area contributed by atoms with Gasteiger partial charge >= 0.3 is 0 Å². The highest BCUT2D eigenvalue weighted by atomic mass is 32.2. The number of anilines is 2. The van der Waals surface area contributed by atoms with Crippen LogP contribution in [-0.4, -0.2) is 45.9 Å². The van der Waals surface area contributed by atoms with Crippen LogP contribution in [0.5, 0.6) is 0 Å². The number of amides is 1. The van der Waals surface area contributed by atoms with Gasteiger partial charge in [-0.3, -0.25) is 9.52 Å². The zero-order valence-electron chi connectivity index (χ0n) is 18.2. The van der Waals surface area contributed by atoms with Crippen molar-refractivity contribution in [2.24, 2.45) is 5.92 Å². The van der Waals surface area contributed by atoms with E-state index in [-0.39, 0.29) is 35.6 Å². The molecular weight excluding hydrogens is 450 g/mol. The van der Waals surface area contributed by atoms with Crippen LogP contribution in [-0.2, 0) is 24.8 Å². The number of carbonyl (C=O) groups excluding carboxylic acids is 1. The third-order valence-electron chi connectivity index (χ3n) is 5.54. The molecule has 0 aromatic heterocycles. The summed E-state index contributed by atoms with van der Waals surface area (Å²) < 4.78 is 53.7. The number of rotatable bonds is 8. The summed E-state index contributed by atoms with van der Waals surface area (Å²) in [5.41, 5.74) is 1.59. The van der Waals surface area contributed by atoms with Crippen molar-refractivity contribution >= 4 is 37.3 Å². The minimum atomic E-state index is -3.57. The van der Waals surface area contributed by atoms with Gasteiger partial charge in [0.1, 0.15) is 0 Å². The Morgan fingerprint density at radius 1 is 0.969 bits per heavy atom. The van der Waals surface area contributed by atoms with Crippen molar-refractivity contribution in [2.75, 3.05) is 28.9 Å². The fraction of sp³-hybridized carbons (Fsp3) is 0.409. The van der Waals surface area contributed by atoms with Crippen LogP contribution in [0.3, 0.4) is 0 Å². The van der Waals surface area contributed by atoms with E-state index >= 15 is 0 Å². The summed E-state index contributed by atoms with van der Waals surface area (Å²) in [7, 11) is -7.01. The largest absolute Gasteiger partial charge is 0.326 e. The molecule has 32 heavy (non-hydrogen) atoms. The Bertz CT molecular complexity index is 1160. The molecule has 3 rings (SSSR count). The van der Waals surface area contributed by atoms with Gasteiger partial charge in [0.2, 0.25) is 26.0 Å². The van der Waals surface area contributed by atoms with Gasteiger partial charge in [-0.1, -0.05) is 31.2 Å². The van der Waals surface area contributed by atoms with Gasteiger partial charge in [-0.05, 0) is 56.0 Å². The van der Waals surface area contributed by atoms with Crippen LogP contribution in [0.2, 0.25) is 0 Å². The maximum Gasteiger partial charge on any atom is 0.243 e. The molecule has 0 saturated carbocycles. The Kier molecular flexibility index (Phi) is 7.58. The molecule has 174 valence electrons. The van der Waals surface area contributed by atoms with E-state index in [4.69, 9.17) is 0 Å². The zero-order valence-corrected chi connectivity index (χ0v) is 19.9. The highest BCUT2D eigenvalue weighted by Crippen LogP contribution is 2.28. The topological polar surface area (TPSA) is 113 Å². The lowest BCUT2D eigenvalue weighted by atomic mass is 9.97. The van der Waals surface area contributed by atoms with Crippen molar-refractivity contribution in [3.63, 3.8) is 0 Å². The van der Waals surface area contributed by atoms with E-state index in [9.17, 15) is 21.6 Å². The summed E-state index contributed by atoms with van der Waals surface area (Å²) in [5.74, 6) is -0.497. The average molecular weight is 480 g/mol. The summed E-state index contributed by atoms with van der Waals surface area (Å²) in [5, 5.41) is 2.88. The number of nitrogens with one attached hydrogen (secondary N) is 2. The highest BCUT2D eigenvalue weighted by molar-refractivity contribution is 7.92. The van der Waals surface area contributed by atoms with Gasteiger partial charge in [0.15, 0.2) is 0 Å². The normalized spacial score (nSPS) is 15.9. The summed E-state index contributed by atoms with van der Waals surface area (Å²) in [4.78, 5) is 13.1. The average Bonchev–Trinajstić information content (AvgIpc) is 2.77. The second-order valence-corrected chi connectivity index (χ2v) is 11.7.